The van der Waals surface area contributed by atoms with E-state index in [1.165, 1.54) is 12.1 Å². The molecule has 0 spiro atoms. The minimum absolute atomic E-state index is 0.0201. The number of carbonyl (C=O) groups is 1. The van der Waals surface area contributed by atoms with Crippen LogP contribution in [0.25, 0.3) is 0 Å². The third-order valence-electron chi connectivity index (χ3n) is 6.98. The lowest BCUT2D eigenvalue weighted by Gasteiger charge is -2.40. The number of piperidine rings is 1. The molecule has 0 radical (unpaired) electrons. The third-order valence-corrected chi connectivity index (χ3v) is 6.98. The van der Waals surface area contributed by atoms with E-state index < -0.39 is 0 Å². The van der Waals surface area contributed by atoms with Crippen molar-refractivity contribution in [3.63, 3.8) is 0 Å². The summed E-state index contributed by atoms with van der Waals surface area (Å²) in [7, 11) is 0. The molecule has 194 valence electrons. The predicted molar refractivity (Wildman–Crippen MR) is 143 cm³/mol. The molecule has 4 rings (SSSR count). The van der Waals surface area contributed by atoms with Crippen molar-refractivity contribution >= 4 is 17.3 Å². The lowest BCUT2D eigenvalue weighted by molar-refractivity contribution is 0.0643. The summed E-state index contributed by atoms with van der Waals surface area (Å²) in [6.45, 7) is 10.6. The fourth-order valence-corrected chi connectivity index (χ4v) is 5.27. The molecule has 2 heterocycles. The van der Waals surface area contributed by atoms with E-state index in [1.54, 1.807) is 18.6 Å². The third kappa shape index (κ3) is 6.03. The van der Waals surface area contributed by atoms with Crippen molar-refractivity contribution in [2.75, 3.05) is 18.0 Å². The number of anilines is 2. The maximum atomic E-state index is 15.2. The number of likely N-dealkylation sites (tertiary alicyclic amines) is 1. The van der Waals surface area contributed by atoms with Crippen LogP contribution in [-0.4, -0.2) is 46.9 Å². The van der Waals surface area contributed by atoms with Crippen LogP contribution in [0.3, 0.4) is 0 Å². The molecule has 1 aliphatic rings. The van der Waals surface area contributed by atoms with Gasteiger partial charge >= 0.3 is 0 Å². The summed E-state index contributed by atoms with van der Waals surface area (Å²) in [5.41, 5.74) is 3.35. The van der Waals surface area contributed by atoms with E-state index in [9.17, 15) is 10.1 Å². The first-order valence-electron chi connectivity index (χ1n) is 12.9. The number of halogens is 1. The molecule has 1 aromatic heterocycles. The summed E-state index contributed by atoms with van der Waals surface area (Å²) in [5.74, 6) is -0.390. The Labute approximate surface area is 218 Å². The van der Waals surface area contributed by atoms with Crippen molar-refractivity contribution in [1.29, 1.82) is 5.26 Å². The van der Waals surface area contributed by atoms with Gasteiger partial charge in [0.25, 0.3) is 5.91 Å². The van der Waals surface area contributed by atoms with Gasteiger partial charge in [-0.3, -0.25) is 9.69 Å². The van der Waals surface area contributed by atoms with Gasteiger partial charge in [0.2, 0.25) is 0 Å². The van der Waals surface area contributed by atoms with Gasteiger partial charge in [0, 0.05) is 54.6 Å². The molecule has 37 heavy (non-hydrogen) atoms. The van der Waals surface area contributed by atoms with Crippen LogP contribution in [0.15, 0.2) is 65.5 Å². The maximum Gasteiger partial charge on any atom is 0.254 e. The Balaban J connectivity index is 1.62. The van der Waals surface area contributed by atoms with Gasteiger partial charge in [-0.15, -0.1) is 0 Å². The molecule has 1 saturated heterocycles. The molecular weight excluding hydrogens is 467 g/mol. The Kier molecular flexibility index (Phi) is 8.30. The molecule has 0 N–H and O–H groups in total. The highest BCUT2D eigenvalue weighted by molar-refractivity contribution is 5.95. The number of hydrogen-bond acceptors (Lipinski definition) is 5. The number of nitrogens with zero attached hydrogens (tertiary/aromatic N) is 4. The van der Waals surface area contributed by atoms with Crippen LogP contribution in [0.1, 0.15) is 62.0 Å². The molecule has 3 aromatic rings. The van der Waals surface area contributed by atoms with Gasteiger partial charge in [-0.1, -0.05) is 0 Å². The number of rotatable bonds is 8. The van der Waals surface area contributed by atoms with Gasteiger partial charge in [0.05, 0.1) is 29.8 Å². The van der Waals surface area contributed by atoms with Crippen LogP contribution >= 0.6 is 0 Å². The molecule has 0 atom stereocenters. The number of benzene rings is 2. The van der Waals surface area contributed by atoms with E-state index in [4.69, 9.17) is 4.42 Å². The highest BCUT2D eigenvalue weighted by Gasteiger charge is 2.29. The van der Waals surface area contributed by atoms with Crippen LogP contribution in [0, 0.1) is 17.1 Å². The summed E-state index contributed by atoms with van der Waals surface area (Å²) < 4.78 is 20.4. The summed E-state index contributed by atoms with van der Waals surface area (Å²) >= 11 is 0. The normalized spacial score (nSPS) is 14.6. The average Bonchev–Trinajstić information content (AvgIpc) is 3.39. The Morgan fingerprint density at radius 1 is 1.08 bits per heavy atom. The van der Waals surface area contributed by atoms with Gasteiger partial charge in [-0.25, -0.2) is 4.39 Å². The van der Waals surface area contributed by atoms with Gasteiger partial charge in [-0.05, 0) is 89.1 Å². The first kappa shape index (κ1) is 26.4. The van der Waals surface area contributed by atoms with Crippen molar-refractivity contribution in [2.45, 2.75) is 65.2 Å². The van der Waals surface area contributed by atoms with E-state index in [0.717, 1.165) is 43.7 Å². The van der Waals surface area contributed by atoms with Crippen molar-refractivity contribution in [3.8, 4) is 6.07 Å². The number of amides is 1. The SMILES string of the molecule is CC(C)N(C(=O)c1ccc(N(c2cc(C#N)ccc2F)C2CCN(Cc3ccoc3)CC2)cc1)C(C)C. The molecule has 1 amide bonds. The number of hydrogen-bond donors (Lipinski definition) is 0. The highest BCUT2D eigenvalue weighted by atomic mass is 19.1. The molecular formula is C30H35FN4O2. The summed E-state index contributed by atoms with van der Waals surface area (Å²) in [6, 6.07) is 16.2. The Morgan fingerprint density at radius 3 is 2.32 bits per heavy atom. The van der Waals surface area contributed by atoms with Gasteiger partial charge in [-0.2, -0.15) is 5.26 Å². The van der Waals surface area contributed by atoms with Crippen molar-refractivity contribution in [1.82, 2.24) is 9.80 Å². The first-order valence-corrected chi connectivity index (χ1v) is 12.9. The smallest absolute Gasteiger partial charge is 0.254 e. The largest absolute Gasteiger partial charge is 0.472 e. The second-order valence-electron chi connectivity index (χ2n) is 10.2. The molecule has 0 saturated carbocycles. The maximum absolute atomic E-state index is 15.2. The fourth-order valence-electron chi connectivity index (χ4n) is 5.27. The quantitative estimate of drug-likeness (QED) is 0.359. The van der Waals surface area contributed by atoms with E-state index in [2.05, 4.69) is 11.0 Å². The molecule has 7 heteroatoms. The van der Waals surface area contributed by atoms with Gasteiger partial charge in [0.15, 0.2) is 0 Å². The molecule has 6 nitrogen and oxygen atoms in total. The number of nitriles is 1. The summed E-state index contributed by atoms with van der Waals surface area (Å²) in [5, 5.41) is 9.46. The lowest BCUT2D eigenvalue weighted by atomic mass is 9.99. The topological polar surface area (TPSA) is 63.7 Å². The molecule has 2 aromatic carbocycles. The van der Waals surface area contributed by atoms with Crippen molar-refractivity contribution in [3.05, 3.63) is 83.6 Å². The van der Waals surface area contributed by atoms with Crippen LogP contribution in [0.4, 0.5) is 15.8 Å². The van der Waals surface area contributed by atoms with Crippen LogP contribution in [-0.2, 0) is 6.54 Å². The molecule has 1 fully saturated rings. The average molecular weight is 503 g/mol. The van der Waals surface area contributed by atoms with E-state index in [0.29, 0.717) is 16.8 Å². The van der Waals surface area contributed by atoms with Crippen LogP contribution in [0.5, 0.6) is 0 Å². The second-order valence-corrected chi connectivity index (χ2v) is 10.2. The zero-order chi connectivity index (χ0) is 26.5. The Morgan fingerprint density at radius 2 is 1.76 bits per heavy atom. The Hall–Kier alpha value is -3.63. The lowest BCUT2D eigenvalue weighted by Crippen LogP contribution is -2.43. The van der Waals surface area contributed by atoms with Crippen molar-refractivity contribution in [2.24, 2.45) is 0 Å². The predicted octanol–water partition coefficient (Wildman–Crippen LogP) is 6.35. The molecule has 0 bridgehead atoms. The molecule has 0 aliphatic carbocycles. The molecule has 0 unspecified atom stereocenters. The van der Waals surface area contributed by atoms with E-state index in [-0.39, 0.29) is 29.8 Å². The zero-order valence-electron chi connectivity index (χ0n) is 22.0. The van der Waals surface area contributed by atoms with Gasteiger partial charge < -0.3 is 14.2 Å². The van der Waals surface area contributed by atoms with E-state index in [1.807, 2.05) is 67.8 Å². The monoisotopic (exact) mass is 502 g/mol. The van der Waals surface area contributed by atoms with Crippen LogP contribution in [0.2, 0.25) is 0 Å². The summed E-state index contributed by atoms with van der Waals surface area (Å²) in [6.07, 6.45) is 5.13. The van der Waals surface area contributed by atoms with E-state index >= 15 is 4.39 Å². The zero-order valence-corrected chi connectivity index (χ0v) is 22.0. The van der Waals surface area contributed by atoms with Crippen molar-refractivity contribution < 1.29 is 13.6 Å². The summed E-state index contributed by atoms with van der Waals surface area (Å²) in [4.78, 5) is 19.4. The molecule has 1 aliphatic heterocycles. The van der Waals surface area contributed by atoms with Gasteiger partial charge in [0.1, 0.15) is 5.82 Å². The first-order chi connectivity index (χ1) is 17.8. The standard InChI is InChI=1S/C30H35FN4O2/c1-21(2)34(22(3)4)30(36)25-6-8-26(9-7-25)35(29-17-23(18-32)5-10-28(29)31)27-11-14-33(15-12-27)19-24-13-16-37-20-24/h5-10,13,16-17,20-22,27H,11-12,14-15,19H2,1-4H3. The number of furan rings is 1. The highest BCUT2D eigenvalue weighted by Crippen LogP contribution is 2.35. The minimum atomic E-state index is -0.370. The fraction of sp³-hybridized carbons (Fsp3) is 0.400. The number of carbonyl (C=O) groups excluding carboxylic acids is 1. The van der Waals surface area contributed by atoms with Crippen LogP contribution < -0.4 is 4.90 Å². The second kappa shape index (κ2) is 11.6. The minimum Gasteiger partial charge on any atom is -0.472 e. The Bertz CT molecular complexity index is 1220.